The molecule has 2 aromatic rings. The fourth-order valence-corrected chi connectivity index (χ4v) is 2.87. The number of halogens is 1. The van der Waals surface area contributed by atoms with Crippen molar-refractivity contribution in [3.8, 4) is 5.75 Å². The summed E-state index contributed by atoms with van der Waals surface area (Å²) in [6.07, 6.45) is 4.25. The van der Waals surface area contributed by atoms with Gasteiger partial charge < -0.3 is 14.2 Å². The molecule has 0 amide bonds. The zero-order valence-corrected chi connectivity index (χ0v) is 11.6. The molecule has 0 bridgehead atoms. The van der Waals surface area contributed by atoms with Crippen LogP contribution in [0.4, 0.5) is 4.39 Å². The molecule has 19 heavy (non-hydrogen) atoms. The lowest BCUT2D eigenvalue weighted by molar-refractivity contribution is 0.132. The maximum atomic E-state index is 14.1. The summed E-state index contributed by atoms with van der Waals surface area (Å²) >= 11 is 0. The Morgan fingerprint density at radius 2 is 2.00 bits per heavy atom. The summed E-state index contributed by atoms with van der Waals surface area (Å²) in [7, 11) is 5.72. The van der Waals surface area contributed by atoms with Crippen molar-refractivity contribution in [3.63, 3.8) is 0 Å². The van der Waals surface area contributed by atoms with Crippen molar-refractivity contribution in [1.29, 1.82) is 0 Å². The van der Waals surface area contributed by atoms with Gasteiger partial charge in [0.25, 0.3) is 0 Å². The molecule has 1 saturated carbocycles. The van der Waals surface area contributed by atoms with Gasteiger partial charge in [-0.1, -0.05) is 0 Å². The Kier molecular flexibility index (Phi) is 2.97. The molecule has 0 N–H and O–H groups in total. The van der Waals surface area contributed by atoms with Crippen molar-refractivity contribution in [2.24, 2.45) is 0 Å². The Balaban J connectivity index is 1.93. The highest BCUT2D eigenvalue weighted by Crippen LogP contribution is 2.38. The lowest BCUT2D eigenvalue weighted by atomic mass is 9.85. The number of hydrogen-bond acceptors (Lipinski definition) is 2. The number of hydrogen-bond donors (Lipinski definition) is 0. The monoisotopic (exact) mass is 262 g/mol. The Morgan fingerprint density at radius 3 is 2.63 bits per heavy atom. The van der Waals surface area contributed by atoms with E-state index in [1.165, 1.54) is 7.11 Å². The fraction of sp³-hybridized carbons (Fsp3) is 0.467. The van der Waals surface area contributed by atoms with E-state index < -0.39 is 0 Å². The zero-order chi connectivity index (χ0) is 13.6. The van der Waals surface area contributed by atoms with Gasteiger partial charge in [-0.05, 0) is 45.1 Å². The summed E-state index contributed by atoms with van der Waals surface area (Å²) in [5.41, 5.74) is 0.959. The van der Waals surface area contributed by atoms with Crippen LogP contribution in [0.5, 0.6) is 5.75 Å². The van der Waals surface area contributed by atoms with Crippen LogP contribution in [0.3, 0.4) is 0 Å². The van der Waals surface area contributed by atoms with Gasteiger partial charge in [-0.25, -0.2) is 4.39 Å². The third-order valence-electron chi connectivity index (χ3n) is 4.23. The molecule has 1 aromatic carbocycles. The maximum Gasteiger partial charge on any atom is 0.174 e. The van der Waals surface area contributed by atoms with Crippen molar-refractivity contribution < 1.29 is 9.13 Å². The van der Waals surface area contributed by atoms with Crippen molar-refractivity contribution in [3.05, 3.63) is 30.2 Å². The quantitative estimate of drug-likeness (QED) is 0.846. The van der Waals surface area contributed by atoms with Gasteiger partial charge in [0.05, 0.1) is 12.6 Å². The number of benzene rings is 1. The molecule has 1 aromatic heterocycles. The summed E-state index contributed by atoms with van der Waals surface area (Å²) in [5.74, 6) is 0.0484. The van der Waals surface area contributed by atoms with Gasteiger partial charge in [0.2, 0.25) is 0 Å². The lowest BCUT2D eigenvalue weighted by Gasteiger charge is -2.40. The van der Waals surface area contributed by atoms with Crippen LogP contribution in [0.15, 0.2) is 24.4 Å². The highest BCUT2D eigenvalue weighted by molar-refractivity contribution is 5.82. The second-order valence-corrected chi connectivity index (χ2v) is 5.48. The fourth-order valence-electron chi connectivity index (χ4n) is 2.87. The number of fused-ring (bicyclic) bond motifs is 1. The molecule has 0 aliphatic heterocycles. The molecular weight excluding hydrogens is 243 g/mol. The van der Waals surface area contributed by atoms with E-state index in [0.717, 1.165) is 18.4 Å². The first-order valence-electron chi connectivity index (χ1n) is 6.61. The second-order valence-electron chi connectivity index (χ2n) is 5.48. The minimum atomic E-state index is -0.262. The van der Waals surface area contributed by atoms with Gasteiger partial charge in [-0.15, -0.1) is 0 Å². The summed E-state index contributed by atoms with van der Waals surface area (Å²) in [5, 5.41) is 0.646. The average Bonchev–Trinajstić information content (AvgIpc) is 2.72. The molecule has 1 heterocycles. The predicted molar refractivity (Wildman–Crippen MR) is 74.2 cm³/mol. The number of ether oxygens (including phenoxy) is 1. The van der Waals surface area contributed by atoms with Crippen LogP contribution in [-0.4, -0.2) is 36.7 Å². The molecule has 4 heteroatoms. The predicted octanol–water partition coefficient (Wildman–Crippen LogP) is 3.05. The number of nitrogens with zero attached hydrogens (tertiary/aromatic N) is 2. The zero-order valence-electron chi connectivity index (χ0n) is 11.6. The van der Waals surface area contributed by atoms with Gasteiger partial charge in [0.15, 0.2) is 11.6 Å². The molecular formula is C15H19FN2O. The smallest absolute Gasteiger partial charge is 0.174 e. The van der Waals surface area contributed by atoms with E-state index in [1.54, 1.807) is 6.07 Å². The largest absolute Gasteiger partial charge is 0.494 e. The lowest BCUT2D eigenvalue weighted by Crippen LogP contribution is -2.41. The molecule has 3 rings (SSSR count). The van der Waals surface area contributed by atoms with E-state index in [9.17, 15) is 4.39 Å². The molecule has 102 valence electrons. The first kappa shape index (κ1) is 12.5. The van der Waals surface area contributed by atoms with Gasteiger partial charge in [-0.3, -0.25) is 0 Å². The molecule has 0 radical (unpaired) electrons. The summed E-state index contributed by atoms with van der Waals surface area (Å²) in [6.45, 7) is 0. The SMILES string of the molecule is COc1ccc2c(ccn2C2CC(N(C)C)C2)c1F. The maximum absolute atomic E-state index is 14.1. The first-order valence-corrected chi connectivity index (χ1v) is 6.61. The molecule has 1 aliphatic rings. The average molecular weight is 262 g/mol. The van der Waals surface area contributed by atoms with Crippen LogP contribution >= 0.6 is 0 Å². The normalized spacial score (nSPS) is 22.8. The summed E-state index contributed by atoms with van der Waals surface area (Å²) in [4.78, 5) is 2.26. The standard InChI is InChI=1S/C15H19FN2O/c1-17(2)10-8-11(9-10)18-7-6-12-13(18)4-5-14(19-3)15(12)16/h4-7,10-11H,8-9H2,1-3H3. The van der Waals surface area contributed by atoms with E-state index in [0.29, 0.717) is 23.2 Å². The highest BCUT2D eigenvalue weighted by atomic mass is 19.1. The van der Waals surface area contributed by atoms with Gasteiger partial charge in [-0.2, -0.15) is 0 Å². The Morgan fingerprint density at radius 1 is 1.26 bits per heavy atom. The van der Waals surface area contributed by atoms with E-state index in [1.807, 2.05) is 18.3 Å². The van der Waals surface area contributed by atoms with Crippen molar-refractivity contribution in [2.75, 3.05) is 21.2 Å². The third-order valence-corrected chi connectivity index (χ3v) is 4.23. The van der Waals surface area contributed by atoms with Crippen LogP contribution in [0, 0.1) is 5.82 Å². The first-order chi connectivity index (χ1) is 9.11. The van der Waals surface area contributed by atoms with Gasteiger partial charge in [0.1, 0.15) is 0 Å². The molecule has 0 atom stereocenters. The minimum Gasteiger partial charge on any atom is -0.494 e. The van der Waals surface area contributed by atoms with Crippen LogP contribution < -0.4 is 4.74 Å². The molecule has 1 aliphatic carbocycles. The molecule has 3 nitrogen and oxygen atoms in total. The van der Waals surface area contributed by atoms with Crippen molar-refractivity contribution in [1.82, 2.24) is 9.47 Å². The minimum absolute atomic E-state index is 0.262. The Bertz CT molecular complexity index is 599. The van der Waals surface area contributed by atoms with E-state index in [4.69, 9.17) is 4.74 Å². The second kappa shape index (κ2) is 4.53. The summed E-state index contributed by atoms with van der Waals surface area (Å²) < 4.78 is 21.3. The van der Waals surface area contributed by atoms with Gasteiger partial charge in [0, 0.05) is 23.7 Å². The van der Waals surface area contributed by atoms with Gasteiger partial charge >= 0.3 is 0 Å². The highest BCUT2D eigenvalue weighted by Gasteiger charge is 2.32. The number of methoxy groups -OCH3 is 1. The molecule has 0 unspecified atom stereocenters. The van der Waals surface area contributed by atoms with Crippen LogP contribution in [0.25, 0.3) is 10.9 Å². The van der Waals surface area contributed by atoms with E-state index in [2.05, 4.69) is 23.6 Å². The van der Waals surface area contributed by atoms with E-state index >= 15 is 0 Å². The Labute approximate surface area is 112 Å². The third kappa shape index (κ3) is 1.91. The topological polar surface area (TPSA) is 17.4 Å². The van der Waals surface area contributed by atoms with Crippen LogP contribution in [0.2, 0.25) is 0 Å². The Hall–Kier alpha value is -1.55. The van der Waals surface area contributed by atoms with Crippen LogP contribution in [-0.2, 0) is 0 Å². The number of aromatic nitrogens is 1. The molecule has 1 fully saturated rings. The molecule has 0 saturated heterocycles. The van der Waals surface area contributed by atoms with Crippen LogP contribution in [0.1, 0.15) is 18.9 Å². The summed E-state index contributed by atoms with van der Waals surface area (Å²) in [6, 6.07) is 6.62. The number of rotatable bonds is 3. The van der Waals surface area contributed by atoms with Crippen molar-refractivity contribution in [2.45, 2.75) is 24.9 Å². The van der Waals surface area contributed by atoms with E-state index in [-0.39, 0.29) is 5.82 Å². The van der Waals surface area contributed by atoms with Crippen molar-refractivity contribution >= 4 is 10.9 Å². The molecule has 0 spiro atoms.